The van der Waals surface area contributed by atoms with E-state index in [-0.39, 0.29) is 6.01 Å². The fourth-order valence-electron chi connectivity index (χ4n) is 1.38. The largest absolute Gasteiger partial charge is 0.463 e. The van der Waals surface area contributed by atoms with Gasteiger partial charge in [0.1, 0.15) is 0 Å². The number of nitrogens with zero attached hydrogens (tertiary/aromatic N) is 5. The van der Waals surface area contributed by atoms with Gasteiger partial charge < -0.3 is 19.9 Å². The highest BCUT2D eigenvalue weighted by molar-refractivity contribution is 5.35. The molecule has 2 N–H and O–H groups in total. The van der Waals surface area contributed by atoms with Crippen LogP contribution in [0.1, 0.15) is 25.1 Å². The highest BCUT2D eigenvalue weighted by Gasteiger charge is 2.08. The molecule has 2 rings (SSSR count). The van der Waals surface area contributed by atoms with Gasteiger partial charge in [0.25, 0.3) is 0 Å². The van der Waals surface area contributed by atoms with E-state index in [4.69, 9.17) is 9.26 Å². The Hall–Kier alpha value is -2.45. The Bertz CT molecular complexity index is 557. The number of aromatic nitrogens is 5. The molecule has 9 nitrogen and oxygen atoms in total. The highest BCUT2D eigenvalue weighted by atomic mass is 16.5. The molecule has 0 fully saturated rings. The molecule has 0 radical (unpaired) electrons. The molecule has 0 atom stereocenters. The lowest BCUT2D eigenvalue weighted by Crippen LogP contribution is -2.10. The minimum absolute atomic E-state index is 0.276. The monoisotopic (exact) mass is 279 g/mol. The molecule has 0 aromatic carbocycles. The zero-order valence-electron chi connectivity index (χ0n) is 11.7. The molecule has 0 aliphatic heterocycles. The van der Waals surface area contributed by atoms with Crippen LogP contribution < -0.4 is 15.4 Å². The predicted octanol–water partition coefficient (Wildman–Crippen LogP) is 1.01. The summed E-state index contributed by atoms with van der Waals surface area (Å²) in [6.45, 7) is 4.65. The first-order chi connectivity index (χ1) is 9.71. The third-order valence-corrected chi connectivity index (χ3v) is 2.25. The Balaban J connectivity index is 2.05. The molecule has 2 aromatic heterocycles. The van der Waals surface area contributed by atoms with Crippen LogP contribution in [0.15, 0.2) is 4.52 Å². The molecule has 9 heteroatoms. The molecular weight excluding hydrogens is 262 g/mol. The fourth-order valence-corrected chi connectivity index (χ4v) is 1.38. The average Bonchev–Trinajstić information content (AvgIpc) is 2.88. The summed E-state index contributed by atoms with van der Waals surface area (Å²) >= 11 is 0. The smallest absolute Gasteiger partial charge is 0.323 e. The first kappa shape index (κ1) is 14.0. The average molecular weight is 279 g/mol. The van der Waals surface area contributed by atoms with E-state index in [2.05, 4.69) is 35.7 Å². The van der Waals surface area contributed by atoms with Crippen molar-refractivity contribution < 1.29 is 9.26 Å². The van der Waals surface area contributed by atoms with Gasteiger partial charge in [0, 0.05) is 14.0 Å². The summed E-state index contributed by atoms with van der Waals surface area (Å²) in [4.78, 5) is 16.5. The van der Waals surface area contributed by atoms with Crippen molar-refractivity contribution in [2.45, 2.75) is 26.8 Å². The Labute approximate surface area is 116 Å². The van der Waals surface area contributed by atoms with E-state index >= 15 is 0 Å². The maximum Gasteiger partial charge on any atom is 0.323 e. The lowest BCUT2D eigenvalue weighted by molar-refractivity contribution is 0.292. The van der Waals surface area contributed by atoms with E-state index in [9.17, 15) is 0 Å². The number of hydrogen-bond acceptors (Lipinski definition) is 9. The second-order valence-corrected chi connectivity index (χ2v) is 3.95. The summed E-state index contributed by atoms with van der Waals surface area (Å²) in [6, 6.07) is 0.276. The van der Waals surface area contributed by atoms with Crippen LogP contribution in [0.3, 0.4) is 0 Å². The van der Waals surface area contributed by atoms with Crippen LogP contribution in [0.5, 0.6) is 6.01 Å². The minimum Gasteiger partial charge on any atom is -0.463 e. The Morgan fingerprint density at radius 3 is 2.60 bits per heavy atom. The van der Waals surface area contributed by atoms with Crippen molar-refractivity contribution in [1.29, 1.82) is 0 Å². The molecule has 2 aromatic rings. The van der Waals surface area contributed by atoms with E-state index in [1.54, 1.807) is 14.0 Å². The summed E-state index contributed by atoms with van der Waals surface area (Å²) in [6.07, 6.45) is 0.880. The lowest BCUT2D eigenvalue weighted by atomic mass is 10.5. The minimum atomic E-state index is 0.276. The van der Waals surface area contributed by atoms with Crippen molar-refractivity contribution in [2.75, 3.05) is 24.3 Å². The van der Waals surface area contributed by atoms with Crippen LogP contribution in [0.2, 0.25) is 0 Å². The fraction of sp³-hybridized carbons (Fsp3) is 0.545. The molecule has 0 spiro atoms. The van der Waals surface area contributed by atoms with Crippen molar-refractivity contribution in [3.8, 4) is 6.01 Å². The predicted molar refractivity (Wildman–Crippen MR) is 71.5 cm³/mol. The second kappa shape index (κ2) is 6.64. The van der Waals surface area contributed by atoms with Gasteiger partial charge in [0.15, 0.2) is 5.82 Å². The molecular formula is C11H17N7O2. The van der Waals surface area contributed by atoms with Crippen molar-refractivity contribution in [2.24, 2.45) is 0 Å². The molecule has 108 valence electrons. The van der Waals surface area contributed by atoms with E-state index in [0.29, 0.717) is 36.8 Å². The van der Waals surface area contributed by atoms with Crippen LogP contribution in [-0.2, 0) is 6.54 Å². The summed E-state index contributed by atoms with van der Waals surface area (Å²) < 4.78 is 10.3. The number of ether oxygens (including phenoxy) is 1. The van der Waals surface area contributed by atoms with Crippen molar-refractivity contribution >= 4 is 11.9 Å². The number of rotatable bonds is 7. The normalized spacial score (nSPS) is 10.3. The second-order valence-electron chi connectivity index (χ2n) is 3.95. The van der Waals surface area contributed by atoms with Crippen LogP contribution in [0.25, 0.3) is 0 Å². The highest BCUT2D eigenvalue weighted by Crippen LogP contribution is 2.11. The first-order valence-corrected chi connectivity index (χ1v) is 6.31. The quantitative estimate of drug-likeness (QED) is 0.766. The molecule has 2 heterocycles. The van der Waals surface area contributed by atoms with Gasteiger partial charge in [-0.2, -0.15) is 19.9 Å². The molecule has 0 bridgehead atoms. The van der Waals surface area contributed by atoms with Gasteiger partial charge in [0.2, 0.25) is 17.8 Å². The summed E-state index contributed by atoms with van der Waals surface area (Å²) in [7, 11) is 1.73. The Morgan fingerprint density at radius 1 is 1.15 bits per heavy atom. The summed E-state index contributed by atoms with van der Waals surface area (Å²) in [5, 5.41) is 9.63. The lowest BCUT2D eigenvalue weighted by Gasteiger charge is -2.07. The molecule has 0 unspecified atom stereocenters. The van der Waals surface area contributed by atoms with E-state index < -0.39 is 0 Å². The zero-order chi connectivity index (χ0) is 14.4. The van der Waals surface area contributed by atoms with E-state index in [1.807, 2.05) is 6.92 Å². The van der Waals surface area contributed by atoms with Crippen LogP contribution >= 0.6 is 0 Å². The third-order valence-electron chi connectivity index (χ3n) is 2.25. The van der Waals surface area contributed by atoms with Crippen LogP contribution in [-0.4, -0.2) is 38.7 Å². The van der Waals surface area contributed by atoms with Gasteiger partial charge in [-0.25, -0.2) is 0 Å². The Kier molecular flexibility index (Phi) is 4.64. The van der Waals surface area contributed by atoms with Crippen molar-refractivity contribution in [3.63, 3.8) is 0 Å². The molecule has 0 aliphatic carbocycles. The van der Waals surface area contributed by atoms with Gasteiger partial charge >= 0.3 is 6.01 Å². The maximum atomic E-state index is 5.40. The standard InChI is InChI=1S/C11H17N7O2/c1-4-5-19-11-16-9(12-3)15-10(17-11)13-6-8-14-7(2)20-18-8/h4-6H2,1-3H3,(H2,12,13,15,16,17). The molecule has 0 saturated heterocycles. The van der Waals surface area contributed by atoms with Crippen molar-refractivity contribution in [3.05, 3.63) is 11.7 Å². The van der Waals surface area contributed by atoms with E-state index in [0.717, 1.165) is 6.42 Å². The molecule has 20 heavy (non-hydrogen) atoms. The topological polar surface area (TPSA) is 111 Å². The van der Waals surface area contributed by atoms with Crippen LogP contribution in [0.4, 0.5) is 11.9 Å². The SMILES string of the molecule is CCCOc1nc(NC)nc(NCc2noc(C)n2)n1. The van der Waals surface area contributed by atoms with E-state index in [1.165, 1.54) is 0 Å². The number of anilines is 2. The zero-order valence-corrected chi connectivity index (χ0v) is 11.7. The van der Waals surface area contributed by atoms with Gasteiger partial charge in [-0.15, -0.1) is 0 Å². The third kappa shape index (κ3) is 3.77. The molecule has 0 aliphatic rings. The van der Waals surface area contributed by atoms with Gasteiger partial charge in [0.05, 0.1) is 13.2 Å². The van der Waals surface area contributed by atoms with Gasteiger partial charge in [-0.1, -0.05) is 12.1 Å². The summed E-state index contributed by atoms with van der Waals surface area (Å²) in [5.74, 6) is 1.86. The first-order valence-electron chi connectivity index (χ1n) is 6.31. The van der Waals surface area contributed by atoms with Crippen molar-refractivity contribution in [1.82, 2.24) is 25.1 Å². The number of nitrogens with one attached hydrogen (secondary N) is 2. The van der Waals surface area contributed by atoms with Crippen LogP contribution in [0, 0.1) is 6.92 Å². The Morgan fingerprint density at radius 2 is 1.95 bits per heavy atom. The summed E-state index contributed by atoms with van der Waals surface area (Å²) in [5.41, 5.74) is 0. The maximum absolute atomic E-state index is 5.40. The van der Waals surface area contributed by atoms with Gasteiger partial charge in [-0.05, 0) is 6.42 Å². The number of hydrogen-bond donors (Lipinski definition) is 2. The van der Waals surface area contributed by atoms with Gasteiger partial charge in [-0.3, -0.25) is 0 Å². The molecule has 0 amide bonds. The molecule has 0 saturated carbocycles. The number of aryl methyl sites for hydroxylation is 1.